The van der Waals surface area contributed by atoms with Gasteiger partial charge < -0.3 is 14.5 Å². The molecule has 0 unspecified atom stereocenters. The number of hydrogen-bond donors (Lipinski definition) is 1. The molecule has 1 amide bonds. The summed E-state index contributed by atoms with van der Waals surface area (Å²) in [6.07, 6.45) is 0. The molecule has 0 fully saturated rings. The number of oxazole rings is 1. The number of aromatic nitrogens is 1. The minimum Gasteiger partial charge on any atom is -0.441 e. The summed E-state index contributed by atoms with van der Waals surface area (Å²) in [7, 11) is 0. The van der Waals surface area contributed by atoms with Gasteiger partial charge in [0, 0.05) is 12.6 Å². The van der Waals surface area contributed by atoms with Gasteiger partial charge in [-0.1, -0.05) is 0 Å². The maximum absolute atomic E-state index is 11.7. The van der Waals surface area contributed by atoms with E-state index in [1.165, 1.54) is 0 Å². The van der Waals surface area contributed by atoms with E-state index in [0.29, 0.717) is 17.2 Å². The van der Waals surface area contributed by atoms with Crippen LogP contribution in [-0.2, 0) is 9.53 Å². The number of carbonyl (C=O) groups is 1. The van der Waals surface area contributed by atoms with Crippen molar-refractivity contribution >= 4 is 22.7 Å². The lowest BCUT2D eigenvalue weighted by Gasteiger charge is -2.18. The fourth-order valence-corrected chi connectivity index (χ4v) is 1.60. The summed E-state index contributed by atoms with van der Waals surface area (Å²) in [5.41, 5.74) is 1.79. The van der Waals surface area contributed by atoms with Crippen molar-refractivity contribution in [2.75, 3.05) is 11.9 Å². The number of benzene rings is 1. The van der Waals surface area contributed by atoms with Crippen molar-refractivity contribution in [3.63, 3.8) is 0 Å². The number of anilines is 1. The lowest BCUT2D eigenvalue weighted by Crippen LogP contribution is -2.27. The summed E-state index contributed by atoms with van der Waals surface area (Å²) < 4.78 is 10.8. The molecular formula is C14H18N2O3. The van der Waals surface area contributed by atoms with Crippen LogP contribution >= 0.6 is 0 Å². The second-order valence-electron chi connectivity index (χ2n) is 5.36. The summed E-state index contributed by atoms with van der Waals surface area (Å²) in [5.74, 6) is 0.420. The average molecular weight is 262 g/mol. The minimum atomic E-state index is -0.329. The Morgan fingerprint density at radius 3 is 2.84 bits per heavy atom. The molecule has 1 aromatic carbocycles. The highest BCUT2D eigenvalue weighted by molar-refractivity contribution is 5.93. The van der Waals surface area contributed by atoms with Crippen LogP contribution in [0.1, 0.15) is 26.7 Å². The SMILES string of the molecule is Cc1nc2cc(NC(=O)COC(C)(C)C)ccc2o1. The number of hydrogen-bond acceptors (Lipinski definition) is 4. The smallest absolute Gasteiger partial charge is 0.250 e. The van der Waals surface area contributed by atoms with Crippen molar-refractivity contribution in [3.8, 4) is 0 Å². The Kier molecular flexibility index (Phi) is 3.57. The molecule has 5 heteroatoms. The summed E-state index contributed by atoms with van der Waals surface area (Å²) in [5, 5.41) is 2.77. The third-order valence-electron chi connectivity index (χ3n) is 2.41. The number of aryl methyl sites for hydroxylation is 1. The van der Waals surface area contributed by atoms with Crippen LogP contribution in [-0.4, -0.2) is 23.1 Å². The predicted molar refractivity (Wildman–Crippen MR) is 73.1 cm³/mol. The van der Waals surface area contributed by atoms with E-state index in [2.05, 4.69) is 10.3 Å². The van der Waals surface area contributed by atoms with Crippen LogP contribution in [0.15, 0.2) is 22.6 Å². The third kappa shape index (κ3) is 3.79. The molecule has 102 valence electrons. The lowest BCUT2D eigenvalue weighted by atomic mass is 10.2. The molecule has 0 saturated carbocycles. The van der Waals surface area contributed by atoms with Gasteiger partial charge in [-0.15, -0.1) is 0 Å². The van der Waals surface area contributed by atoms with Crippen LogP contribution in [0.4, 0.5) is 5.69 Å². The van der Waals surface area contributed by atoms with Crippen molar-refractivity contribution in [1.82, 2.24) is 4.98 Å². The zero-order valence-electron chi connectivity index (χ0n) is 11.6. The largest absolute Gasteiger partial charge is 0.441 e. The Labute approximate surface area is 112 Å². The monoisotopic (exact) mass is 262 g/mol. The first kappa shape index (κ1) is 13.5. The van der Waals surface area contributed by atoms with E-state index in [1.807, 2.05) is 20.8 Å². The first-order chi connectivity index (χ1) is 8.83. The molecule has 5 nitrogen and oxygen atoms in total. The Bertz CT molecular complexity index is 596. The maximum Gasteiger partial charge on any atom is 0.250 e. The first-order valence-electron chi connectivity index (χ1n) is 6.14. The number of amides is 1. The Morgan fingerprint density at radius 1 is 1.42 bits per heavy atom. The van der Waals surface area contributed by atoms with Gasteiger partial charge in [-0.3, -0.25) is 4.79 Å². The average Bonchev–Trinajstić information content (AvgIpc) is 2.65. The van der Waals surface area contributed by atoms with E-state index in [1.54, 1.807) is 25.1 Å². The molecule has 0 atom stereocenters. The zero-order valence-corrected chi connectivity index (χ0v) is 11.6. The molecule has 19 heavy (non-hydrogen) atoms. The van der Waals surface area contributed by atoms with Crippen LogP contribution in [0, 0.1) is 6.92 Å². The van der Waals surface area contributed by atoms with Gasteiger partial charge in [0.05, 0.1) is 5.60 Å². The molecule has 0 spiro atoms. The van der Waals surface area contributed by atoms with Gasteiger partial charge in [0.25, 0.3) is 0 Å². The molecule has 0 radical (unpaired) electrons. The van der Waals surface area contributed by atoms with Crippen molar-refractivity contribution in [2.45, 2.75) is 33.3 Å². The summed E-state index contributed by atoms with van der Waals surface area (Å²) in [6.45, 7) is 7.54. The van der Waals surface area contributed by atoms with Gasteiger partial charge in [-0.2, -0.15) is 0 Å². The standard InChI is InChI=1S/C14H18N2O3/c1-9-15-11-7-10(5-6-12(11)19-9)16-13(17)8-18-14(2,3)4/h5-7H,8H2,1-4H3,(H,16,17). The van der Waals surface area contributed by atoms with E-state index < -0.39 is 0 Å². The molecule has 1 N–H and O–H groups in total. The topological polar surface area (TPSA) is 64.4 Å². The van der Waals surface area contributed by atoms with E-state index in [9.17, 15) is 4.79 Å². The molecule has 0 aliphatic heterocycles. The highest BCUT2D eigenvalue weighted by Crippen LogP contribution is 2.19. The fraction of sp³-hybridized carbons (Fsp3) is 0.429. The molecule has 0 bridgehead atoms. The molecule has 1 aromatic heterocycles. The van der Waals surface area contributed by atoms with Gasteiger partial charge in [0.2, 0.25) is 5.91 Å². The van der Waals surface area contributed by atoms with Crippen LogP contribution in [0.2, 0.25) is 0 Å². The normalized spacial score (nSPS) is 11.8. The van der Waals surface area contributed by atoms with E-state index >= 15 is 0 Å². The third-order valence-corrected chi connectivity index (χ3v) is 2.41. The molecule has 0 saturated heterocycles. The molecule has 2 rings (SSSR count). The number of ether oxygens (including phenoxy) is 1. The Hall–Kier alpha value is -1.88. The zero-order chi connectivity index (χ0) is 14.0. The van der Waals surface area contributed by atoms with Crippen molar-refractivity contribution in [2.24, 2.45) is 0 Å². The molecule has 0 aliphatic carbocycles. The highest BCUT2D eigenvalue weighted by Gasteiger charge is 2.13. The van der Waals surface area contributed by atoms with Gasteiger partial charge >= 0.3 is 0 Å². The number of fused-ring (bicyclic) bond motifs is 1. The second-order valence-corrected chi connectivity index (χ2v) is 5.36. The molecule has 1 heterocycles. The Morgan fingerprint density at radius 2 is 2.16 bits per heavy atom. The minimum absolute atomic E-state index is 0.0272. The maximum atomic E-state index is 11.7. The highest BCUT2D eigenvalue weighted by atomic mass is 16.5. The Balaban J connectivity index is 2.02. The van der Waals surface area contributed by atoms with E-state index in [0.717, 1.165) is 5.52 Å². The number of rotatable bonds is 3. The first-order valence-corrected chi connectivity index (χ1v) is 6.14. The van der Waals surface area contributed by atoms with Crippen LogP contribution in [0.5, 0.6) is 0 Å². The number of nitrogens with one attached hydrogen (secondary N) is 1. The summed E-state index contributed by atoms with van der Waals surface area (Å²) in [4.78, 5) is 15.9. The quantitative estimate of drug-likeness (QED) is 0.923. The van der Waals surface area contributed by atoms with E-state index in [-0.39, 0.29) is 18.1 Å². The lowest BCUT2D eigenvalue weighted by molar-refractivity contribution is -0.125. The van der Waals surface area contributed by atoms with Crippen molar-refractivity contribution < 1.29 is 13.9 Å². The van der Waals surface area contributed by atoms with Gasteiger partial charge in [0.1, 0.15) is 12.1 Å². The van der Waals surface area contributed by atoms with Crippen LogP contribution < -0.4 is 5.32 Å². The predicted octanol–water partition coefficient (Wildman–Crippen LogP) is 2.89. The summed E-state index contributed by atoms with van der Waals surface area (Å²) in [6, 6.07) is 5.35. The van der Waals surface area contributed by atoms with Gasteiger partial charge in [0.15, 0.2) is 11.5 Å². The molecular weight excluding hydrogens is 244 g/mol. The van der Waals surface area contributed by atoms with Crippen LogP contribution in [0.25, 0.3) is 11.1 Å². The fourth-order valence-electron chi connectivity index (χ4n) is 1.60. The van der Waals surface area contributed by atoms with Gasteiger partial charge in [-0.25, -0.2) is 4.98 Å². The number of nitrogens with zero attached hydrogens (tertiary/aromatic N) is 1. The molecule has 2 aromatic rings. The summed E-state index contributed by atoms with van der Waals surface area (Å²) >= 11 is 0. The molecule has 0 aliphatic rings. The second kappa shape index (κ2) is 5.01. The van der Waals surface area contributed by atoms with Crippen LogP contribution in [0.3, 0.4) is 0 Å². The number of carbonyl (C=O) groups excluding carboxylic acids is 1. The van der Waals surface area contributed by atoms with Crippen molar-refractivity contribution in [1.29, 1.82) is 0 Å². The van der Waals surface area contributed by atoms with Crippen molar-refractivity contribution in [3.05, 3.63) is 24.1 Å². The van der Waals surface area contributed by atoms with E-state index in [4.69, 9.17) is 9.15 Å². The van der Waals surface area contributed by atoms with Gasteiger partial charge in [-0.05, 0) is 39.0 Å².